The zero-order valence-corrected chi connectivity index (χ0v) is 13.2. The molecule has 21 heavy (non-hydrogen) atoms. The Hall–Kier alpha value is -1.39. The summed E-state index contributed by atoms with van der Waals surface area (Å²) in [5.41, 5.74) is 7.40. The minimum absolute atomic E-state index is 0.0226. The first-order valence-electron chi connectivity index (χ1n) is 7.82. The molecular weight excluding hydrogens is 264 g/mol. The van der Waals surface area contributed by atoms with E-state index in [1.165, 1.54) is 12.8 Å². The Balaban J connectivity index is 2.16. The van der Waals surface area contributed by atoms with E-state index < -0.39 is 0 Å². The molecule has 0 radical (unpaired) electrons. The van der Waals surface area contributed by atoms with Crippen LogP contribution in [0.3, 0.4) is 0 Å². The average molecular weight is 292 g/mol. The standard InChI is InChI=1S/C17H28N2O2/c1-3-6-14(2)13-21-10-5-9-17(20)19-16-8-4-7-15(11-16)12-18/h4,7-8,11,14H,3,5-6,9-10,12-13,18H2,1-2H3,(H,19,20). The maximum Gasteiger partial charge on any atom is 0.224 e. The molecule has 1 aromatic carbocycles. The van der Waals surface area contributed by atoms with Gasteiger partial charge in [0.1, 0.15) is 0 Å². The second-order valence-electron chi connectivity index (χ2n) is 5.52. The fraction of sp³-hybridized carbons (Fsp3) is 0.588. The molecule has 1 unspecified atom stereocenters. The SMILES string of the molecule is CCCC(C)COCCCC(=O)Nc1cccc(CN)c1. The number of nitrogens with one attached hydrogen (secondary N) is 1. The van der Waals surface area contributed by atoms with E-state index in [-0.39, 0.29) is 5.91 Å². The number of carbonyl (C=O) groups excluding carboxylic acids is 1. The van der Waals surface area contributed by atoms with Crippen LogP contribution < -0.4 is 11.1 Å². The Bertz CT molecular complexity index is 421. The van der Waals surface area contributed by atoms with Gasteiger partial charge in [0.25, 0.3) is 0 Å². The molecule has 0 spiro atoms. The van der Waals surface area contributed by atoms with Crippen molar-refractivity contribution >= 4 is 11.6 Å². The van der Waals surface area contributed by atoms with Crippen LogP contribution in [-0.2, 0) is 16.1 Å². The Morgan fingerprint density at radius 3 is 2.95 bits per heavy atom. The highest BCUT2D eigenvalue weighted by atomic mass is 16.5. The van der Waals surface area contributed by atoms with E-state index in [2.05, 4.69) is 19.2 Å². The molecule has 118 valence electrons. The maximum absolute atomic E-state index is 11.8. The molecule has 0 fully saturated rings. The number of ether oxygens (including phenoxy) is 1. The minimum atomic E-state index is 0.0226. The van der Waals surface area contributed by atoms with Gasteiger partial charge in [-0.3, -0.25) is 4.79 Å². The van der Waals surface area contributed by atoms with Gasteiger partial charge in [-0.25, -0.2) is 0 Å². The highest BCUT2D eigenvalue weighted by Crippen LogP contribution is 2.11. The highest BCUT2D eigenvalue weighted by Gasteiger charge is 2.04. The fourth-order valence-electron chi connectivity index (χ4n) is 2.19. The molecular formula is C17H28N2O2. The van der Waals surface area contributed by atoms with E-state index in [1.807, 2.05) is 24.3 Å². The fourth-order valence-corrected chi connectivity index (χ4v) is 2.19. The van der Waals surface area contributed by atoms with Crippen molar-refractivity contribution in [2.24, 2.45) is 11.7 Å². The van der Waals surface area contributed by atoms with Gasteiger partial charge < -0.3 is 15.8 Å². The van der Waals surface area contributed by atoms with Crippen molar-refractivity contribution in [3.05, 3.63) is 29.8 Å². The lowest BCUT2D eigenvalue weighted by Crippen LogP contribution is -2.13. The molecule has 0 saturated heterocycles. The number of benzene rings is 1. The summed E-state index contributed by atoms with van der Waals surface area (Å²) < 4.78 is 5.59. The van der Waals surface area contributed by atoms with Gasteiger partial charge in [-0.05, 0) is 36.5 Å². The number of anilines is 1. The summed E-state index contributed by atoms with van der Waals surface area (Å²) in [5, 5.41) is 2.89. The summed E-state index contributed by atoms with van der Waals surface area (Å²) in [4.78, 5) is 11.8. The molecule has 0 heterocycles. The quantitative estimate of drug-likeness (QED) is 0.650. The van der Waals surface area contributed by atoms with Gasteiger partial charge in [-0.2, -0.15) is 0 Å². The maximum atomic E-state index is 11.8. The molecule has 1 amide bonds. The third kappa shape index (κ3) is 7.83. The summed E-state index contributed by atoms with van der Waals surface area (Å²) >= 11 is 0. The number of rotatable bonds is 10. The molecule has 1 aromatic rings. The number of hydrogen-bond donors (Lipinski definition) is 2. The van der Waals surface area contributed by atoms with E-state index in [0.717, 1.165) is 24.3 Å². The summed E-state index contributed by atoms with van der Waals surface area (Å²) in [5.74, 6) is 0.622. The van der Waals surface area contributed by atoms with Gasteiger partial charge in [0, 0.05) is 31.9 Å². The first kappa shape index (κ1) is 17.7. The predicted octanol–water partition coefficient (Wildman–Crippen LogP) is 3.32. The zero-order valence-electron chi connectivity index (χ0n) is 13.2. The van der Waals surface area contributed by atoms with Crippen molar-refractivity contribution in [2.45, 2.75) is 46.1 Å². The molecule has 1 rings (SSSR count). The summed E-state index contributed by atoms with van der Waals surface area (Å²) in [6, 6.07) is 7.62. The molecule has 0 aliphatic heterocycles. The van der Waals surface area contributed by atoms with Gasteiger partial charge >= 0.3 is 0 Å². The summed E-state index contributed by atoms with van der Waals surface area (Å²) in [6.07, 6.45) is 3.61. The smallest absolute Gasteiger partial charge is 0.224 e. The van der Waals surface area contributed by atoms with Gasteiger partial charge in [0.05, 0.1) is 0 Å². The van der Waals surface area contributed by atoms with Crippen LogP contribution in [0.15, 0.2) is 24.3 Å². The van der Waals surface area contributed by atoms with Crippen LogP contribution >= 0.6 is 0 Å². The average Bonchev–Trinajstić information content (AvgIpc) is 2.47. The van der Waals surface area contributed by atoms with Crippen LogP contribution in [-0.4, -0.2) is 19.1 Å². The van der Waals surface area contributed by atoms with Crippen LogP contribution in [0.5, 0.6) is 0 Å². The second-order valence-corrected chi connectivity index (χ2v) is 5.52. The topological polar surface area (TPSA) is 64.3 Å². The third-order valence-corrected chi connectivity index (χ3v) is 3.32. The van der Waals surface area contributed by atoms with Gasteiger partial charge in [-0.1, -0.05) is 32.4 Å². The molecule has 4 heteroatoms. The first-order chi connectivity index (χ1) is 10.2. The second kappa shape index (κ2) is 10.4. The Labute approximate surface area is 128 Å². The normalized spacial score (nSPS) is 12.1. The van der Waals surface area contributed by atoms with E-state index in [4.69, 9.17) is 10.5 Å². The van der Waals surface area contributed by atoms with Gasteiger partial charge in [-0.15, -0.1) is 0 Å². The lowest BCUT2D eigenvalue weighted by molar-refractivity contribution is -0.116. The van der Waals surface area contributed by atoms with Crippen molar-refractivity contribution in [3.8, 4) is 0 Å². The molecule has 0 saturated carbocycles. The van der Waals surface area contributed by atoms with Crippen LogP contribution in [0.1, 0.15) is 45.1 Å². The van der Waals surface area contributed by atoms with E-state index in [0.29, 0.717) is 25.5 Å². The number of nitrogens with two attached hydrogens (primary N) is 1. The third-order valence-electron chi connectivity index (χ3n) is 3.32. The molecule has 0 bridgehead atoms. The summed E-state index contributed by atoms with van der Waals surface area (Å²) in [7, 11) is 0. The molecule has 0 aromatic heterocycles. The van der Waals surface area contributed by atoms with Crippen molar-refractivity contribution in [1.29, 1.82) is 0 Å². The number of amides is 1. The van der Waals surface area contributed by atoms with Crippen LogP contribution in [0.25, 0.3) is 0 Å². The van der Waals surface area contributed by atoms with Crippen molar-refractivity contribution in [2.75, 3.05) is 18.5 Å². The molecule has 0 aliphatic carbocycles. The predicted molar refractivity (Wildman–Crippen MR) is 87.1 cm³/mol. The molecule has 1 atom stereocenters. The first-order valence-corrected chi connectivity index (χ1v) is 7.82. The lowest BCUT2D eigenvalue weighted by Gasteiger charge is -2.10. The lowest BCUT2D eigenvalue weighted by atomic mass is 10.1. The summed E-state index contributed by atoms with van der Waals surface area (Å²) in [6.45, 7) is 6.28. The molecule has 3 N–H and O–H groups in total. The molecule has 0 aliphatic rings. The Morgan fingerprint density at radius 1 is 1.43 bits per heavy atom. The van der Waals surface area contributed by atoms with E-state index in [9.17, 15) is 4.79 Å². The van der Waals surface area contributed by atoms with Crippen molar-refractivity contribution in [3.63, 3.8) is 0 Å². The minimum Gasteiger partial charge on any atom is -0.381 e. The molecule has 4 nitrogen and oxygen atoms in total. The zero-order chi connectivity index (χ0) is 15.5. The van der Waals surface area contributed by atoms with E-state index in [1.54, 1.807) is 0 Å². The monoisotopic (exact) mass is 292 g/mol. The number of carbonyl (C=O) groups is 1. The van der Waals surface area contributed by atoms with Crippen LogP contribution in [0, 0.1) is 5.92 Å². The van der Waals surface area contributed by atoms with Crippen LogP contribution in [0.4, 0.5) is 5.69 Å². The van der Waals surface area contributed by atoms with Crippen LogP contribution in [0.2, 0.25) is 0 Å². The number of hydrogen-bond acceptors (Lipinski definition) is 3. The Morgan fingerprint density at radius 2 is 2.24 bits per heavy atom. The Kier molecular flexibility index (Phi) is 8.71. The largest absolute Gasteiger partial charge is 0.381 e. The van der Waals surface area contributed by atoms with Gasteiger partial charge in [0.2, 0.25) is 5.91 Å². The van der Waals surface area contributed by atoms with E-state index >= 15 is 0 Å². The van der Waals surface area contributed by atoms with Crippen molar-refractivity contribution < 1.29 is 9.53 Å². The van der Waals surface area contributed by atoms with Gasteiger partial charge in [0.15, 0.2) is 0 Å². The van der Waals surface area contributed by atoms with Crippen molar-refractivity contribution in [1.82, 2.24) is 0 Å². The highest BCUT2D eigenvalue weighted by molar-refractivity contribution is 5.90.